The molecule has 2 amide bonds. The van der Waals surface area contributed by atoms with Crippen molar-refractivity contribution in [2.45, 2.75) is 26.2 Å². The first kappa shape index (κ1) is 17.9. The molecule has 2 aliphatic rings. The highest BCUT2D eigenvalue weighted by Gasteiger charge is 2.49. The predicted molar refractivity (Wildman–Crippen MR) is 95.7 cm³/mol. The zero-order valence-corrected chi connectivity index (χ0v) is 15.3. The maximum absolute atomic E-state index is 14.7. The Balaban J connectivity index is 1.58. The van der Waals surface area contributed by atoms with Gasteiger partial charge in [-0.15, -0.1) is 0 Å². The number of aliphatic hydroxyl groups is 1. The van der Waals surface area contributed by atoms with Gasteiger partial charge in [-0.3, -0.25) is 14.0 Å². The van der Waals surface area contributed by atoms with Crippen LogP contribution in [0.5, 0.6) is 0 Å². The number of aryl methyl sites for hydroxylation is 1. The van der Waals surface area contributed by atoms with E-state index in [1.54, 1.807) is 17.2 Å². The summed E-state index contributed by atoms with van der Waals surface area (Å²) in [6.45, 7) is 3.40. The molecule has 0 saturated carbocycles. The van der Waals surface area contributed by atoms with Crippen LogP contribution in [0.4, 0.5) is 4.39 Å². The Hall–Kier alpha value is -2.48. The zero-order valence-electron chi connectivity index (χ0n) is 15.3. The number of nitrogens with zero attached hydrogens (tertiary/aromatic N) is 4. The SMILES string of the molecule is Cc1ccc2nc(C(=O)N3CCC4(CCCN(CCO)C4=O)C3)c(F)n2c1. The number of aromatic nitrogens is 2. The smallest absolute Gasteiger partial charge is 0.277 e. The van der Waals surface area contributed by atoms with Crippen LogP contribution in [0.25, 0.3) is 5.65 Å². The molecule has 1 atom stereocenters. The molecule has 2 aromatic rings. The van der Waals surface area contributed by atoms with Gasteiger partial charge in [-0.2, -0.15) is 4.39 Å². The maximum Gasteiger partial charge on any atom is 0.277 e. The van der Waals surface area contributed by atoms with Crippen molar-refractivity contribution in [3.8, 4) is 0 Å². The lowest BCUT2D eigenvalue weighted by molar-refractivity contribution is -0.146. The van der Waals surface area contributed by atoms with Gasteiger partial charge in [-0.1, -0.05) is 6.07 Å². The van der Waals surface area contributed by atoms with Gasteiger partial charge in [0.25, 0.3) is 5.91 Å². The Kier molecular flexibility index (Phi) is 4.38. The molecular formula is C19H23FN4O3. The molecule has 1 N–H and O–H groups in total. The second kappa shape index (κ2) is 6.60. The molecule has 0 aliphatic carbocycles. The third kappa shape index (κ3) is 2.88. The van der Waals surface area contributed by atoms with Crippen molar-refractivity contribution < 1.29 is 19.1 Å². The van der Waals surface area contributed by atoms with Crippen molar-refractivity contribution in [1.29, 1.82) is 0 Å². The van der Waals surface area contributed by atoms with E-state index in [1.807, 2.05) is 13.0 Å². The van der Waals surface area contributed by atoms with E-state index in [0.29, 0.717) is 38.1 Å². The van der Waals surface area contributed by atoms with Gasteiger partial charge in [0.05, 0.1) is 12.0 Å². The average Bonchev–Trinajstić information content (AvgIpc) is 3.22. The monoisotopic (exact) mass is 374 g/mol. The van der Waals surface area contributed by atoms with Crippen LogP contribution in [0.3, 0.4) is 0 Å². The van der Waals surface area contributed by atoms with Crippen LogP contribution >= 0.6 is 0 Å². The zero-order chi connectivity index (χ0) is 19.2. The number of carbonyl (C=O) groups is 2. The third-order valence-electron chi connectivity index (χ3n) is 5.75. The number of carbonyl (C=O) groups excluding carboxylic acids is 2. The second-order valence-corrected chi connectivity index (χ2v) is 7.56. The number of hydrogen-bond donors (Lipinski definition) is 1. The number of fused-ring (bicyclic) bond motifs is 1. The van der Waals surface area contributed by atoms with Gasteiger partial charge in [-0.25, -0.2) is 4.98 Å². The lowest BCUT2D eigenvalue weighted by Gasteiger charge is -2.39. The summed E-state index contributed by atoms with van der Waals surface area (Å²) < 4.78 is 16.0. The molecule has 7 nitrogen and oxygen atoms in total. The number of β-amino-alcohol motifs (C(OH)–C–C–N with tert-alkyl or cyclic N) is 1. The highest BCUT2D eigenvalue weighted by atomic mass is 19.1. The van der Waals surface area contributed by atoms with E-state index in [2.05, 4.69) is 4.98 Å². The molecule has 144 valence electrons. The minimum Gasteiger partial charge on any atom is -0.395 e. The van der Waals surface area contributed by atoms with Crippen molar-refractivity contribution in [3.05, 3.63) is 35.5 Å². The minimum atomic E-state index is -0.670. The number of halogens is 1. The van der Waals surface area contributed by atoms with Gasteiger partial charge in [0.2, 0.25) is 11.9 Å². The lowest BCUT2D eigenvalue weighted by atomic mass is 9.78. The van der Waals surface area contributed by atoms with E-state index in [0.717, 1.165) is 12.0 Å². The first-order chi connectivity index (χ1) is 12.9. The van der Waals surface area contributed by atoms with Crippen LogP contribution in [-0.4, -0.2) is 68.9 Å². The number of amides is 2. The van der Waals surface area contributed by atoms with Crippen molar-refractivity contribution in [2.75, 3.05) is 32.8 Å². The number of hydrogen-bond acceptors (Lipinski definition) is 4. The molecule has 0 aromatic carbocycles. The summed E-state index contributed by atoms with van der Waals surface area (Å²) in [5.41, 5.74) is 0.441. The van der Waals surface area contributed by atoms with Crippen LogP contribution in [0.2, 0.25) is 0 Å². The first-order valence-corrected chi connectivity index (χ1v) is 9.29. The summed E-state index contributed by atoms with van der Waals surface area (Å²) in [6, 6.07) is 3.50. The highest BCUT2D eigenvalue weighted by Crippen LogP contribution is 2.40. The molecule has 1 unspecified atom stereocenters. The van der Waals surface area contributed by atoms with Crippen molar-refractivity contribution in [1.82, 2.24) is 19.2 Å². The summed E-state index contributed by atoms with van der Waals surface area (Å²) in [5, 5.41) is 9.16. The molecule has 1 spiro atoms. The highest BCUT2D eigenvalue weighted by molar-refractivity contribution is 5.94. The standard InChI is InChI=1S/C19H23FN4O3/c1-13-3-4-14-21-15(16(20)24(14)11-13)17(26)23-8-6-19(12-23)5-2-7-22(9-10-25)18(19)27/h3-4,11,25H,2,5-10,12H2,1H3. The van der Waals surface area contributed by atoms with E-state index in [-0.39, 0.29) is 24.8 Å². The van der Waals surface area contributed by atoms with Gasteiger partial charge >= 0.3 is 0 Å². The average molecular weight is 374 g/mol. The van der Waals surface area contributed by atoms with Crippen LogP contribution in [-0.2, 0) is 4.79 Å². The summed E-state index contributed by atoms with van der Waals surface area (Å²) in [6.07, 6.45) is 3.73. The number of imidazole rings is 1. The Morgan fingerprint density at radius 2 is 2.15 bits per heavy atom. The normalized spacial score (nSPS) is 23.0. The number of aliphatic hydroxyl groups excluding tert-OH is 1. The lowest BCUT2D eigenvalue weighted by Crippen LogP contribution is -2.51. The maximum atomic E-state index is 14.7. The number of piperidine rings is 1. The molecule has 2 aliphatic heterocycles. The van der Waals surface area contributed by atoms with Gasteiger partial charge in [0, 0.05) is 32.4 Å². The molecule has 0 bridgehead atoms. The van der Waals surface area contributed by atoms with E-state index in [1.165, 1.54) is 9.30 Å². The van der Waals surface area contributed by atoms with Crippen molar-refractivity contribution >= 4 is 17.5 Å². The summed E-state index contributed by atoms with van der Waals surface area (Å²) in [5.74, 6) is -1.15. The quantitative estimate of drug-likeness (QED) is 0.877. The molecule has 0 radical (unpaired) electrons. The van der Waals surface area contributed by atoms with Gasteiger partial charge in [0.1, 0.15) is 5.65 Å². The summed E-state index contributed by atoms with van der Waals surface area (Å²) in [4.78, 5) is 33.2. The van der Waals surface area contributed by atoms with Crippen molar-refractivity contribution in [2.24, 2.45) is 5.41 Å². The number of pyridine rings is 1. The topological polar surface area (TPSA) is 78.2 Å². The van der Waals surface area contributed by atoms with Gasteiger partial charge in [-0.05, 0) is 37.8 Å². The van der Waals surface area contributed by atoms with Crippen LogP contribution in [0.15, 0.2) is 18.3 Å². The van der Waals surface area contributed by atoms with Crippen LogP contribution in [0, 0.1) is 18.3 Å². The molecule has 8 heteroatoms. The largest absolute Gasteiger partial charge is 0.395 e. The molecule has 2 saturated heterocycles. The fourth-order valence-electron chi connectivity index (χ4n) is 4.32. The molecular weight excluding hydrogens is 351 g/mol. The summed E-state index contributed by atoms with van der Waals surface area (Å²) in [7, 11) is 0. The van der Waals surface area contributed by atoms with E-state index >= 15 is 0 Å². The fourth-order valence-corrected chi connectivity index (χ4v) is 4.32. The Morgan fingerprint density at radius 3 is 2.93 bits per heavy atom. The Bertz CT molecular complexity index is 910. The molecule has 4 heterocycles. The van der Waals surface area contributed by atoms with Gasteiger partial charge in [0.15, 0.2) is 5.69 Å². The van der Waals surface area contributed by atoms with E-state index in [4.69, 9.17) is 5.11 Å². The van der Waals surface area contributed by atoms with Crippen LogP contribution < -0.4 is 0 Å². The third-order valence-corrected chi connectivity index (χ3v) is 5.75. The molecule has 2 aromatic heterocycles. The molecule has 2 fully saturated rings. The number of rotatable bonds is 3. The second-order valence-electron chi connectivity index (χ2n) is 7.56. The van der Waals surface area contributed by atoms with E-state index in [9.17, 15) is 14.0 Å². The minimum absolute atomic E-state index is 0.0100. The molecule has 4 rings (SSSR count). The van der Waals surface area contributed by atoms with Crippen LogP contribution in [0.1, 0.15) is 35.3 Å². The number of likely N-dealkylation sites (tertiary alicyclic amines) is 2. The fraction of sp³-hybridized carbons (Fsp3) is 0.526. The van der Waals surface area contributed by atoms with Crippen molar-refractivity contribution in [3.63, 3.8) is 0 Å². The summed E-state index contributed by atoms with van der Waals surface area (Å²) >= 11 is 0. The Labute approximate surface area is 156 Å². The Morgan fingerprint density at radius 1 is 1.33 bits per heavy atom. The van der Waals surface area contributed by atoms with E-state index < -0.39 is 17.3 Å². The van der Waals surface area contributed by atoms with Gasteiger partial charge < -0.3 is 14.9 Å². The first-order valence-electron chi connectivity index (χ1n) is 9.29. The molecule has 27 heavy (non-hydrogen) atoms. The predicted octanol–water partition coefficient (Wildman–Crippen LogP) is 1.23.